The van der Waals surface area contributed by atoms with E-state index >= 15 is 0 Å². The molecule has 0 saturated carbocycles. The van der Waals surface area contributed by atoms with Crippen molar-refractivity contribution in [2.75, 3.05) is 0 Å². The molecule has 0 radical (unpaired) electrons. The van der Waals surface area contributed by atoms with Crippen molar-refractivity contribution in [3.8, 4) is 0 Å². The average Bonchev–Trinajstić information content (AvgIpc) is 2.92. The topological polar surface area (TPSA) is 0 Å². The number of fused-ring (bicyclic) bond motifs is 4. The van der Waals surface area contributed by atoms with Crippen LogP contribution in [0.1, 0.15) is 28.7 Å². The van der Waals surface area contributed by atoms with Gasteiger partial charge in [-0.05, 0) is 68.8 Å². The fourth-order valence-electron chi connectivity index (χ4n) is 3.73. The zero-order valence-electron chi connectivity index (χ0n) is 11.2. The van der Waals surface area contributed by atoms with Crippen LogP contribution in [0.5, 0.6) is 0 Å². The molecular formula is C20H14. The second kappa shape index (κ2) is 3.61. The summed E-state index contributed by atoms with van der Waals surface area (Å²) in [6.07, 6.45) is 11.5. The molecule has 3 aromatic carbocycles. The van der Waals surface area contributed by atoms with Gasteiger partial charge in [-0.2, -0.15) is 0 Å². The lowest BCUT2D eigenvalue weighted by Gasteiger charge is -2.16. The Balaban J connectivity index is 2.07. The van der Waals surface area contributed by atoms with Crippen molar-refractivity contribution >= 4 is 39.8 Å². The van der Waals surface area contributed by atoms with Gasteiger partial charge in [0.05, 0.1) is 0 Å². The second-order valence-electron chi connectivity index (χ2n) is 5.75. The number of hydrogen-bond donors (Lipinski definition) is 0. The third-order valence-electron chi connectivity index (χ3n) is 4.64. The third-order valence-corrected chi connectivity index (χ3v) is 4.64. The average molecular weight is 254 g/mol. The van der Waals surface area contributed by atoms with Crippen molar-refractivity contribution in [2.24, 2.45) is 0 Å². The number of rotatable bonds is 0. The minimum atomic E-state index is 1.17. The van der Waals surface area contributed by atoms with E-state index in [-0.39, 0.29) is 0 Å². The second-order valence-corrected chi connectivity index (χ2v) is 5.75. The molecule has 0 aromatic heterocycles. The van der Waals surface area contributed by atoms with Crippen molar-refractivity contribution in [3.05, 3.63) is 64.7 Å². The first-order chi connectivity index (χ1) is 9.92. The van der Waals surface area contributed by atoms with Gasteiger partial charge in [-0.25, -0.2) is 0 Å². The smallest absolute Gasteiger partial charge is 0.00262 e. The van der Waals surface area contributed by atoms with E-state index in [2.05, 4.69) is 60.7 Å². The molecule has 0 nitrogen and oxygen atoms in total. The van der Waals surface area contributed by atoms with Crippen LogP contribution in [-0.4, -0.2) is 0 Å². The van der Waals surface area contributed by atoms with E-state index in [0.717, 1.165) is 0 Å². The Morgan fingerprint density at radius 1 is 0.800 bits per heavy atom. The quantitative estimate of drug-likeness (QED) is 0.367. The van der Waals surface area contributed by atoms with E-state index in [1.165, 1.54) is 56.6 Å². The molecule has 0 heteroatoms. The molecule has 20 heavy (non-hydrogen) atoms. The Bertz CT molecular complexity index is 939. The first-order valence-electron chi connectivity index (χ1n) is 7.28. The molecule has 0 amide bonds. The van der Waals surface area contributed by atoms with Gasteiger partial charge in [0.2, 0.25) is 0 Å². The van der Waals surface area contributed by atoms with Crippen molar-refractivity contribution in [1.29, 1.82) is 0 Å². The van der Waals surface area contributed by atoms with Crippen LogP contribution in [0, 0.1) is 0 Å². The summed E-state index contributed by atoms with van der Waals surface area (Å²) in [6, 6.07) is 13.5. The molecule has 2 aliphatic rings. The van der Waals surface area contributed by atoms with Gasteiger partial charge in [0.1, 0.15) is 0 Å². The Hall–Kier alpha value is -2.34. The fourth-order valence-corrected chi connectivity index (χ4v) is 3.73. The van der Waals surface area contributed by atoms with Crippen LogP contribution >= 0.6 is 0 Å². The summed E-state index contributed by atoms with van der Waals surface area (Å²) in [6.45, 7) is 0. The van der Waals surface area contributed by atoms with Gasteiger partial charge in [-0.3, -0.25) is 0 Å². The Morgan fingerprint density at radius 2 is 1.75 bits per heavy atom. The Labute approximate surface area is 118 Å². The van der Waals surface area contributed by atoms with Crippen LogP contribution in [0.15, 0.2) is 42.5 Å². The molecular weight excluding hydrogens is 240 g/mol. The molecule has 0 spiro atoms. The van der Waals surface area contributed by atoms with Crippen molar-refractivity contribution in [3.63, 3.8) is 0 Å². The summed E-state index contributed by atoms with van der Waals surface area (Å²) < 4.78 is 0. The molecule has 0 atom stereocenters. The van der Waals surface area contributed by atoms with Crippen LogP contribution in [-0.2, 0) is 6.42 Å². The molecule has 3 aromatic rings. The molecule has 0 aliphatic heterocycles. The SMILES string of the molecule is C1=Cc2c(cc3c4c(cc5ccccc53)C=Cc24)CC1. The summed E-state index contributed by atoms with van der Waals surface area (Å²) in [5, 5.41) is 5.59. The molecule has 0 bridgehead atoms. The zero-order valence-corrected chi connectivity index (χ0v) is 11.2. The van der Waals surface area contributed by atoms with Gasteiger partial charge in [0.15, 0.2) is 0 Å². The van der Waals surface area contributed by atoms with E-state index in [1.807, 2.05) is 0 Å². The van der Waals surface area contributed by atoms with Gasteiger partial charge >= 0.3 is 0 Å². The predicted molar refractivity (Wildman–Crippen MR) is 87.7 cm³/mol. The monoisotopic (exact) mass is 254 g/mol. The van der Waals surface area contributed by atoms with Crippen LogP contribution in [0.2, 0.25) is 0 Å². The lowest BCUT2D eigenvalue weighted by molar-refractivity contribution is 0.988. The van der Waals surface area contributed by atoms with E-state index in [4.69, 9.17) is 0 Å². The van der Waals surface area contributed by atoms with Crippen LogP contribution in [0.4, 0.5) is 0 Å². The molecule has 2 aliphatic carbocycles. The standard InChI is InChI=1S/C20H14/c1-4-8-17-13(5-1)11-15-9-10-18-16-7-3-2-6-14(16)12-19(17)20(15)18/h1,3-5,7-12H,2,6H2. The molecule has 0 fully saturated rings. The van der Waals surface area contributed by atoms with E-state index in [1.54, 1.807) is 0 Å². The van der Waals surface area contributed by atoms with Gasteiger partial charge in [-0.1, -0.05) is 48.6 Å². The maximum absolute atomic E-state index is 2.43. The summed E-state index contributed by atoms with van der Waals surface area (Å²) in [4.78, 5) is 0. The maximum Gasteiger partial charge on any atom is -0.00262 e. The zero-order chi connectivity index (χ0) is 13.1. The van der Waals surface area contributed by atoms with E-state index in [0.29, 0.717) is 0 Å². The Kier molecular flexibility index (Phi) is 1.88. The fraction of sp³-hybridized carbons (Fsp3) is 0.100. The molecule has 0 saturated heterocycles. The highest BCUT2D eigenvalue weighted by Crippen LogP contribution is 2.41. The van der Waals surface area contributed by atoms with E-state index < -0.39 is 0 Å². The van der Waals surface area contributed by atoms with Crippen LogP contribution in [0.25, 0.3) is 39.8 Å². The number of hydrogen-bond acceptors (Lipinski definition) is 0. The first kappa shape index (κ1) is 10.4. The van der Waals surface area contributed by atoms with Gasteiger partial charge in [0.25, 0.3) is 0 Å². The third kappa shape index (κ3) is 1.21. The number of allylic oxidation sites excluding steroid dienone is 1. The van der Waals surface area contributed by atoms with Gasteiger partial charge < -0.3 is 0 Å². The molecule has 0 heterocycles. The minimum Gasteiger partial charge on any atom is -0.0836 e. The van der Waals surface area contributed by atoms with Gasteiger partial charge in [-0.15, -0.1) is 0 Å². The highest BCUT2D eigenvalue weighted by Gasteiger charge is 2.18. The highest BCUT2D eigenvalue weighted by molar-refractivity contribution is 6.18. The summed E-state index contributed by atoms with van der Waals surface area (Å²) in [5.41, 5.74) is 5.74. The van der Waals surface area contributed by atoms with Crippen LogP contribution < -0.4 is 0 Å². The van der Waals surface area contributed by atoms with E-state index in [9.17, 15) is 0 Å². The highest BCUT2D eigenvalue weighted by atomic mass is 14.2. The van der Waals surface area contributed by atoms with Crippen molar-refractivity contribution in [1.82, 2.24) is 0 Å². The lowest BCUT2D eigenvalue weighted by Crippen LogP contribution is -1.97. The lowest BCUT2D eigenvalue weighted by atomic mass is 9.87. The molecule has 0 unspecified atom stereocenters. The first-order valence-corrected chi connectivity index (χ1v) is 7.28. The minimum absolute atomic E-state index is 1.17. The largest absolute Gasteiger partial charge is 0.0836 e. The van der Waals surface area contributed by atoms with Crippen molar-refractivity contribution < 1.29 is 0 Å². The number of benzene rings is 3. The van der Waals surface area contributed by atoms with Crippen molar-refractivity contribution in [2.45, 2.75) is 12.8 Å². The molecule has 94 valence electrons. The van der Waals surface area contributed by atoms with Crippen LogP contribution in [0.3, 0.4) is 0 Å². The Morgan fingerprint density at radius 3 is 2.75 bits per heavy atom. The van der Waals surface area contributed by atoms with Gasteiger partial charge in [0, 0.05) is 0 Å². The summed E-state index contributed by atoms with van der Waals surface area (Å²) >= 11 is 0. The normalized spacial score (nSPS) is 15.2. The number of aryl methyl sites for hydroxylation is 1. The maximum atomic E-state index is 2.43. The predicted octanol–water partition coefficient (Wildman–Crippen LogP) is 5.44. The summed E-state index contributed by atoms with van der Waals surface area (Å²) in [7, 11) is 0. The summed E-state index contributed by atoms with van der Waals surface area (Å²) in [5.74, 6) is 0. The molecule has 0 N–H and O–H groups in total. The molecule has 5 rings (SSSR count).